The number of hydrogen-bond donors (Lipinski definition) is 2. The van der Waals surface area contributed by atoms with Crippen LogP contribution in [0.2, 0.25) is 0 Å². The molecule has 80 valence electrons. The molecule has 0 bridgehead atoms. The molecular formula is C10H11NO2S2. The minimum atomic E-state index is -0.197. The second kappa shape index (κ2) is 4.30. The van der Waals surface area contributed by atoms with E-state index < -0.39 is 0 Å². The molecule has 0 aliphatic carbocycles. The van der Waals surface area contributed by atoms with Gasteiger partial charge >= 0.3 is 0 Å². The van der Waals surface area contributed by atoms with Crippen molar-refractivity contribution in [1.29, 1.82) is 0 Å². The van der Waals surface area contributed by atoms with Gasteiger partial charge in [-0.05, 0) is 24.4 Å². The lowest BCUT2D eigenvalue weighted by Gasteiger charge is -2.08. The summed E-state index contributed by atoms with van der Waals surface area (Å²) in [5, 5.41) is 13.6. The van der Waals surface area contributed by atoms with Crippen LogP contribution in [-0.2, 0) is 0 Å². The quantitative estimate of drug-likeness (QED) is 0.864. The number of carbonyl (C=O) groups is 1. The van der Waals surface area contributed by atoms with Crippen molar-refractivity contribution in [1.82, 2.24) is 5.32 Å². The van der Waals surface area contributed by atoms with Crippen molar-refractivity contribution in [3.05, 3.63) is 22.4 Å². The molecule has 2 heterocycles. The highest BCUT2D eigenvalue weighted by atomic mass is 32.1. The van der Waals surface area contributed by atoms with Gasteiger partial charge in [0.1, 0.15) is 0 Å². The van der Waals surface area contributed by atoms with E-state index in [0.717, 1.165) is 9.40 Å². The van der Waals surface area contributed by atoms with E-state index in [1.165, 1.54) is 11.3 Å². The number of nitrogens with one attached hydrogen (secondary N) is 1. The molecule has 0 unspecified atom stereocenters. The first-order valence-electron chi connectivity index (χ1n) is 4.59. The lowest BCUT2D eigenvalue weighted by molar-refractivity contribution is 0.0926. The molecule has 0 spiro atoms. The topological polar surface area (TPSA) is 49.3 Å². The Morgan fingerprint density at radius 3 is 3.07 bits per heavy atom. The number of thiophene rings is 2. The number of aliphatic hydroxyl groups excluding tert-OH is 1. The van der Waals surface area contributed by atoms with Gasteiger partial charge in [0.25, 0.3) is 5.91 Å². The fourth-order valence-electron chi connectivity index (χ4n) is 1.22. The number of fused-ring (bicyclic) bond motifs is 1. The smallest absolute Gasteiger partial charge is 0.261 e. The highest BCUT2D eigenvalue weighted by Crippen LogP contribution is 2.29. The summed E-state index contributed by atoms with van der Waals surface area (Å²) in [5.41, 5.74) is 0. The maximum Gasteiger partial charge on any atom is 0.261 e. The van der Waals surface area contributed by atoms with Crippen LogP contribution < -0.4 is 5.32 Å². The molecule has 3 nitrogen and oxygen atoms in total. The second-order valence-corrected chi connectivity index (χ2v) is 5.35. The first-order chi connectivity index (χ1) is 7.20. The Kier molecular flexibility index (Phi) is 3.04. The van der Waals surface area contributed by atoms with Crippen molar-refractivity contribution >= 4 is 38.0 Å². The Labute approximate surface area is 95.4 Å². The normalized spacial score (nSPS) is 12.9. The molecule has 0 aliphatic heterocycles. The molecule has 2 N–H and O–H groups in total. The lowest BCUT2D eigenvalue weighted by Crippen LogP contribution is -2.34. The number of carbonyl (C=O) groups excluding carboxylic acids is 1. The van der Waals surface area contributed by atoms with Gasteiger partial charge in [0.2, 0.25) is 0 Å². The molecule has 0 saturated heterocycles. The van der Waals surface area contributed by atoms with E-state index in [1.807, 2.05) is 17.5 Å². The number of amides is 1. The summed E-state index contributed by atoms with van der Waals surface area (Å²) >= 11 is 3.11. The standard InChI is InChI=1S/C10H11NO2S2/c1-6(5-12)11-10(13)9-4-8-7(15-9)2-3-14-8/h2-4,6,12H,5H2,1H3,(H,11,13)/t6-/m0/s1. The molecule has 5 heteroatoms. The van der Waals surface area contributed by atoms with Gasteiger partial charge in [-0.3, -0.25) is 4.79 Å². The zero-order valence-electron chi connectivity index (χ0n) is 8.19. The number of rotatable bonds is 3. The third-order valence-corrected chi connectivity index (χ3v) is 4.11. The average molecular weight is 241 g/mol. The molecule has 0 radical (unpaired) electrons. The van der Waals surface area contributed by atoms with Gasteiger partial charge in [0.05, 0.1) is 11.5 Å². The summed E-state index contributed by atoms with van der Waals surface area (Å²) < 4.78 is 2.28. The molecule has 0 saturated carbocycles. The molecule has 2 rings (SSSR count). The highest BCUT2D eigenvalue weighted by molar-refractivity contribution is 7.27. The van der Waals surface area contributed by atoms with Crippen molar-refractivity contribution in [3.63, 3.8) is 0 Å². The van der Waals surface area contributed by atoms with Crippen molar-refractivity contribution in [2.24, 2.45) is 0 Å². The first-order valence-corrected chi connectivity index (χ1v) is 6.29. The summed E-state index contributed by atoms with van der Waals surface area (Å²) in [7, 11) is 0. The Morgan fingerprint density at radius 2 is 2.40 bits per heavy atom. The third kappa shape index (κ3) is 2.19. The Hall–Kier alpha value is -0.910. The van der Waals surface area contributed by atoms with Gasteiger partial charge in [-0.25, -0.2) is 0 Å². The van der Waals surface area contributed by atoms with Gasteiger partial charge in [-0.2, -0.15) is 0 Å². The monoisotopic (exact) mass is 241 g/mol. The van der Waals surface area contributed by atoms with Crippen molar-refractivity contribution in [2.45, 2.75) is 13.0 Å². The summed E-state index contributed by atoms with van der Waals surface area (Å²) in [6, 6.07) is 3.71. The molecule has 1 atom stereocenters. The van der Waals surface area contributed by atoms with Crippen LogP contribution >= 0.6 is 22.7 Å². The van der Waals surface area contributed by atoms with E-state index in [2.05, 4.69) is 5.32 Å². The molecule has 2 aromatic rings. The van der Waals surface area contributed by atoms with Gasteiger partial charge < -0.3 is 10.4 Å². The Morgan fingerprint density at radius 1 is 1.60 bits per heavy atom. The maximum absolute atomic E-state index is 11.7. The van der Waals surface area contributed by atoms with Crippen LogP contribution in [0.3, 0.4) is 0 Å². The molecule has 0 aromatic carbocycles. The van der Waals surface area contributed by atoms with Crippen LogP contribution in [0.25, 0.3) is 9.40 Å². The Balaban J connectivity index is 2.17. The van der Waals surface area contributed by atoms with Gasteiger partial charge in [-0.15, -0.1) is 22.7 Å². The maximum atomic E-state index is 11.7. The summed E-state index contributed by atoms with van der Waals surface area (Å²) in [5.74, 6) is -0.107. The van der Waals surface area contributed by atoms with Crippen molar-refractivity contribution < 1.29 is 9.90 Å². The van der Waals surface area contributed by atoms with E-state index in [4.69, 9.17) is 5.11 Å². The fraction of sp³-hybridized carbons (Fsp3) is 0.300. The second-order valence-electron chi connectivity index (χ2n) is 3.32. The van der Waals surface area contributed by atoms with Crippen LogP contribution in [-0.4, -0.2) is 23.7 Å². The van der Waals surface area contributed by atoms with Gasteiger partial charge in [0.15, 0.2) is 0 Å². The highest BCUT2D eigenvalue weighted by Gasteiger charge is 2.12. The van der Waals surface area contributed by atoms with E-state index in [-0.39, 0.29) is 18.6 Å². The van der Waals surface area contributed by atoms with E-state index >= 15 is 0 Å². The lowest BCUT2D eigenvalue weighted by atomic mass is 10.3. The summed E-state index contributed by atoms with van der Waals surface area (Å²) in [6.45, 7) is 1.74. The van der Waals surface area contributed by atoms with E-state index in [9.17, 15) is 4.79 Å². The summed E-state index contributed by atoms with van der Waals surface area (Å²) in [4.78, 5) is 12.4. The predicted molar refractivity (Wildman–Crippen MR) is 63.7 cm³/mol. The van der Waals surface area contributed by atoms with E-state index in [0.29, 0.717) is 4.88 Å². The number of hydrogen-bond acceptors (Lipinski definition) is 4. The Bertz CT molecular complexity index is 446. The van der Waals surface area contributed by atoms with Crippen molar-refractivity contribution in [2.75, 3.05) is 6.61 Å². The van der Waals surface area contributed by atoms with Crippen LogP contribution in [0.4, 0.5) is 0 Å². The van der Waals surface area contributed by atoms with Crippen LogP contribution in [0.5, 0.6) is 0 Å². The fourth-order valence-corrected chi connectivity index (χ4v) is 3.23. The first kappa shape index (κ1) is 10.6. The molecule has 0 aliphatic rings. The minimum absolute atomic E-state index is 0.0362. The van der Waals surface area contributed by atoms with Gasteiger partial charge in [0, 0.05) is 15.4 Å². The largest absolute Gasteiger partial charge is 0.394 e. The summed E-state index contributed by atoms with van der Waals surface area (Å²) in [6.07, 6.45) is 0. The molecule has 1 amide bonds. The molecular weight excluding hydrogens is 230 g/mol. The number of aliphatic hydroxyl groups is 1. The molecule has 15 heavy (non-hydrogen) atoms. The van der Waals surface area contributed by atoms with E-state index in [1.54, 1.807) is 18.3 Å². The van der Waals surface area contributed by atoms with Crippen LogP contribution in [0, 0.1) is 0 Å². The zero-order chi connectivity index (χ0) is 10.8. The van der Waals surface area contributed by atoms with Gasteiger partial charge in [-0.1, -0.05) is 0 Å². The van der Waals surface area contributed by atoms with Crippen LogP contribution in [0.1, 0.15) is 16.6 Å². The molecule has 0 fully saturated rings. The van der Waals surface area contributed by atoms with Crippen LogP contribution in [0.15, 0.2) is 17.5 Å². The average Bonchev–Trinajstić information content (AvgIpc) is 2.76. The minimum Gasteiger partial charge on any atom is -0.394 e. The van der Waals surface area contributed by atoms with Crippen molar-refractivity contribution in [3.8, 4) is 0 Å². The SMILES string of the molecule is C[C@@H](CO)NC(=O)c1cc2sccc2s1. The third-order valence-electron chi connectivity index (χ3n) is 2.01. The predicted octanol–water partition coefficient (Wildman–Crippen LogP) is 2.07. The molecule has 2 aromatic heterocycles. The zero-order valence-corrected chi connectivity index (χ0v) is 9.82.